The highest BCUT2D eigenvalue weighted by atomic mass is 16.5. The Balaban J connectivity index is 2.24. The molecule has 0 amide bonds. The molecule has 18 heavy (non-hydrogen) atoms. The molecule has 1 aromatic carbocycles. The van der Waals surface area contributed by atoms with Gasteiger partial charge in [-0.05, 0) is 27.2 Å². The summed E-state index contributed by atoms with van der Waals surface area (Å²) in [7, 11) is 0. The van der Waals surface area contributed by atoms with Gasteiger partial charge in [-0.15, -0.1) is 0 Å². The molecule has 0 radical (unpaired) electrons. The van der Waals surface area contributed by atoms with Crippen molar-refractivity contribution in [3.63, 3.8) is 0 Å². The minimum atomic E-state index is -0.267. The molecule has 0 fully saturated rings. The highest BCUT2D eigenvalue weighted by Crippen LogP contribution is 2.42. The molecule has 1 aliphatic rings. The Morgan fingerprint density at radius 2 is 1.83 bits per heavy atom. The molecule has 0 saturated carbocycles. The molecule has 0 bridgehead atoms. The van der Waals surface area contributed by atoms with E-state index >= 15 is 0 Å². The molecule has 0 atom stereocenters. The number of ether oxygens (including phenoxy) is 1. The maximum Gasteiger partial charge on any atom is 0.140 e. The Hall–Kier alpha value is -1.54. The van der Waals surface area contributed by atoms with Crippen molar-refractivity contribution in [1.29, 1.82) is 0 Å². The molecule has 2 heteroatoms. The minimum Gasteiger partial charge on any atom is -0.461 e. The normalized spacial score (nSPS) is 17.5. The number of aryl methyl sites for hydroxylation is 1. The maximum atomic E-state index is 6.01. The summed E-state index contributed by atoms with van der Waals surface area (Å²) in [5, 5.41) is 0. The monoisotopic (exact) mass is 242 g/mol. The average Bonchev–Trinajstić information content (AvgIpc) is 2.69. The van der Waals surface area contributed by atoms with E-state index < -0.39 is 0 Å². The topological polar surface area (TPSA) is 22.4 Å². The summed E-state index contributed by atoms with van der Waals surface area (Å²) in [5.74, 6) is 1.99. The van der Waals surface area contributed by atoms with Crippen LogP contribution in [0.1, 0.15) is 30.7 Å². The second kappa shape index (κ2) is 3.99. The van der Waals surface area contributed by atoms with Crippen LogP contribution in [0.25, 0.3) is 11.3 Å². The summed E-state index contributed by atoms with van der Waals surface area (Å²) >= 11 is 0. The van der Waals surface area contributed by atoms with Crippen LogP contribution >= 0.6 is 0 Å². The zero-order valence-corrected chi connectivity index (χ0v) is 11.1. The SMILES string of the molecule is Cc1oc(-c2ccccc2)c2c1CCOC2(C)C. The maximum absolute atomic E-state index is 6.01. The minimum absolute atomic E-state index is 0.267. The third kappa shape index (κ3) is 1.68. The number of furan rings is 1. The van der Waals surface area contributed by atoms with Gasteiger partial charge >= 0.3 is 0 Å². The molecule has 94 valence electrons. The fourth-order valence-electron chi connectivity index (χ4n) is 2.79. The number of hydrogen-bond donors (Lipinski definition) is 0. The van der Waals surface area contributed by atoms with Crippen LogP contribution in [0.5, 0.6) is 0 Å². The Kier molecular flexibility index (Phi) is 2.56. The molecule has 0 spiro atoms. The summed E-state index contributed by atoms with van der Waals surface area (Å²) in [5.41, 5.74) is 3.40. The van der Waals surface area contributed by atoms with Crippen molar-refractivity contribution in [1.82, 2.24) is 0 Å². The molecule has 3 rings (SSSR count). The van der Waals surface area contributed by atoms with E-state index in [0.29, 0.717) is 0 Å². The van der Waals surface area contributed by atoms with Crippen LogP contribution in [-0.4, -0.2) is 6.61 Å². The summed E-state index contributed by atoms with van der Waals surface area (Å²) in [4.78, 5) is 0. The molecule has 2 nitrogen and oxygen atoms in total. The van der Waals surface area contributed by atoms with Gasteiger partial charge in [-0.2, -0.15) is 0 Å². The van der Waals surface area contributed by atoms with Gasteiger partial charge < -0.3 is 9.15 Å². The molecule has 1 aliphatic heterocycles. The van der Waals surface area contributed by atoms with Crippen LogP contribution in [0.3, 0.4) is 0 Å². The molecule has 2 heterocycles. The number of hydrogen-bond acceptors (Lipinski definition) is 2. The number of benzene rings is 1. The predicted molar refractivity (Wildman–Crippen MR) is 71.6 cm³/mol. The van der Waals surface area contributed by atoms with Gasteiger partial charge in [-0.25, -0.2) is 0 Å². The van der Waals surface area contributed by atoms with Crippen molar-refractivity contribution in [2.75, 3.05) is 6.61 Å². The summed E-state index contributed by atoms with van der Waals surface area (Å²) in [6.07, 6.45) is 0.945. The standard InChI is InChI=1S/C16H18O2/c1-11-13-9-10-17-16(2,3)14(13)15(18-11)12-7-5-4-6-8-12/h4-8H,9-10H2,1-3H3. The Morgan fingerprint density at radius 3 is 2.56 bits per heavy atom. The smallest absolute Gasteiger partial charge is 0.140 e. The quantitative estimate of drug-likeness (QED) is 0.752. The largest absolute Gasteiger partial charge is 0.461 e. The third-order valence-corrected chi connectivity index (χ3v) is 3.66. The lowest BCUT2D eigenvalue weighted by Crippen LogP contribution is -2.29. The van der Waals surface area contributed by atoms with Crippen LogP contribution in [-0.2, 0) is 16.8 Å². The van der Waals surface area contributed by atoms with E-state index in [4.69, 9.17) is 9.15 Å². The van der Waals surface area contributed by atoms with E-state index in [1.54, 1.807) is 0 Å². The zero-order valence-electron chi connectivity index (χ0n) is 11.1. The van der Waals surface area contributed by atoms with Crippen LogP contribution in [0.2, 0.25) is 0 Å². The number of fused-ring (bicyclic) bond motifs is 1. The van der Waals surface area contributed by atoms with Crippen molar-refractivity contribution >= 4 is 0 Å². The summed E-state index contributed by atoms with van der Waals surface area (Å²) < 4.78 is 11.9. The Labute approximate surface area is 108 Å². The van der Waals surface area contributed by atoms with E-state index in [-0.39, 0.29) is 5.60 Å². The zero-order chi connectivity index (χ0) is 12.8. The van der Waals surface area contributed by atoms with Crippen molar-refractivity contribution in [2.45, 2.75) is 32.8 Å². The molecule has 0 unspecified atom stereocenters. The molecule has 2 aromatic rings. The Bertz CT molecular complexity index is 564. The van der Waals surface area contributed by atoms with Gasteiger partial charge in [0.2, 0.25) is 0 Å². The van der Waals surface area contributed by atoms with Crippen LogP contribution in [0.15, 0.2) is 34.7 Å². The van der Waals surface area contributed by atoms with Gasteiger partial charge in [0.05, 0.1) is 12.2 Å². The molecule has 0 N–H and O–H groups in total. The highest BCUT2D eigenvalue weighted by Gasteiger charge is 2.35. The van der Waals surface area contributed by atoms with Gasteiger partial charge in [0.15, 0.2) is 0 Å². The first-order valence-corrected chi connectivity index (χ1v) is 6.42. The van der Waals surface area contributed by atoms with E-state index in [2.05, 4.69) is 26.0 Å². The fourth-order valence-corrected chi connectivity index (χ4v) is 2.79. The first-order valence-electron chi connectivity index (χ1n) is 6.42. The summed E-state index contributed by atoms with van der Waals surface area (Å²) in [6, 6.07) is 10.3. The van der Waals surface area contributed by atoms with Crippen molar-refractivity contribution in [3.05, 3.63) is 47.2 Å². The average molecular weight is 242 g/mol. The first kappa shape index (κ1) is 11.5. The van der Waals surface area contributed by atoms with Gasteiger partial charge in [-0.1, -0.05) is 30.3 Å². The third-order valence-electron chi connectivity index (χ3n) is 3.66. The van der Waals surface area contributed by atoms with E-state index in [0.717, 1.165) is 30.1 Å². The lowest BCUT2D eigenvalue weighted by atomic mass is 9.88. The van der Waals surface area contributed by atoms with E-state index in [9.17, 15) is 0 Å². The highest BCUT2D eigenvalue weighted by molar-refractivity contribution is 5.65. The lowest BCUT2D eigenvalue weighted by molar-refractivity contribution is -0.0308. The lowest BCUT2D eigenvalue weighted by Gasteiger charge is -2.31. The molecule has 0 aliphatic carbocycles. The Morgan fingerprint density at radius 1 is 1.11 bits per heavy atom. The van der Waals surface area contributed by atoms with Crippen LogP contribution in [0.4, 0.5) is 0 Å². The van der Waals surface area contributed by atoms with Crippen molar-refractivity contribution in [2.24, 2.45) is 0 Å². The van der Waals surface area contributed by atoms with E-state index in [1.165, 1.54) is 11.1 Å². The second-order valence-electron chi connectivity index (χ2n) is 5.32. The molecule has 1 aromatic heterocycles. The second-order valence-corrected chi connectivity index (χ2v) is 5.32. The molecular weight excluding hydrogens is 224 g/mol. The van der Waals surface area contributed by atoms with Gasteiger partial charge in [-0.3, -0.25) is 0 Å². The predicted octanol–water partition coefficient (Wildman–Crippen LogP) is 4.06. The van der Waals surface area contributed by atoms with Crippen LogP contribution < -0.4 is 0 Å². The summed E-state index contributed by atoms with van der Waals surface area (Å²) in [6.45, 7) is 7.06. The number of rotatable bonds is 1. The fraction of sp³-hybridized carbons (Fsp3) is 0.375. The van der Waals surface area contributed by atoms with Crippen molar-refractivity contribution < 1.29 is 9.15 Å². The van der Waals surface area contributed by atoms with Gasteiger partial charge in [0.1, 0.15) is 11.5 Å². The van der Waals surface area contributed by atoms with Crippen LogP contribution in [0, 0.1) is 6.92 Å². The van der Waals surface area contributed by atoms with Gasteiger partial charge in [0.25, 0.3) is 0 Å². The van der Waals surface area contributed by atoms with Crippen molar-refractivity contribution in [3.8, 4) is 11.3 Å². The van der Waals surface area contributed by atoms with E-state index in [1.807, 2.05) is 25.1 Å². The molecule has 0 saturated heterocycles. The van der Waals surface area contributed by atoms with Gasteiger partial charge in [0, 0.05) is 16.7 Å². The first-order chi connectivity index (χ1) is 8.59. The molecular formula is C16H18O2.